The summed E-state index contributed by atoms with van der Waals surface area (Å²) in [4.78, 5) is 26.1. The minimum atomic E-state index is -0.275. The Labute approximate surface area is 148 Å². The summed E-state index contributed by atoms with van der Waals surface area (Å²) >= 11 is 1.52. The summed E-state index contributed by atoms with van der Waals surface area (Å²) < 4.78 is 3.09. The summed E-state index contributed by atoms with van der Waals surface area (Å²) in [5.41, 5.74) is 5.52. The summed E-state index contributed by atoms with van der Waals surface area (Å²) in [6.45, 7) is 4.18. The van der Waals surface area contributed by atoms with Gasteiger partial charge in [0.25, 0.3) is 5.91 Å². The summed E-state index contributed by atoms with van der Waals surface area (Å²) in [6.07, 6.45) is 3.25. The smallest absolute Gasteiger partial charge is 0.279 e. The quantitative estimate of drug-likeness (QED) is 0.529. The SMILES string of the molecule is Cc1cc2sc(=NC(=O)c3ccc4nccnc4c3)n(C)c2cc1C. The van der Waals surface area contributed by atoms with Crippen molar-refractivity contribution in [1.82, 2.24) is 14.5 Å². The first-order valence-corrected chi connectivity index (χ1v) is 8.71. The predicted octanol–water partition coefficient (Wildman–Crippen LogP) is 3.54. The van der Waals surface area contributed by atoms with Crippen molar-refractivity contribution in [1.29, 1.82) is 0 Å². The zero-order chi connectivity index (χ0) is 17.6. The Balaban J connectivity index is 1.82. The molecule has 25 heavy (non-hydrogen) atoms. The van der Waals surface area contributed by atoms with Crippen LogP contribution < -0.4 is 4.80 Å². The van der Waals surface area contributed by atoms with Crippen molar-refractivity contribution >= 4 is 38.5 Å². The normalized spacial score (nSPS) is 12.2. The molecule has 0 fully saturated rings. The number of thiazole rings is 1. The molecule has 0 saturated carbocycles. The fraction of sp³-hybridized carbons (Fsp3) is 0.158. The molecule has 0 bridgehead atoms. The fourth-order valence-electron chi connectivity index (χ4n) is 2.73. The Morgan fingerprint density at radius 3 is 2.56 bits per heavy atom. The molecule has 4 aromatic rings. The van der Waals surface area contributed by atoms with Gasteiger partial charge in [0.2, 0.25) is 0 Å². The average Bonchev–Trinajstić information content (AvgIpc) is 2.90. The molecule has 0 atom stereocenters. The lowest BCUT2D eigenvalue weighted by Crippen LogP contribution is -2.13. The lowest BCUT2D eigenvalue weighted by atomic mass is 10.1. The number of aromatic nitrogens is 3. The van der Waals surface area contributed by atoms with Gasteiger partial charge in [-0.1, -0.05) is 11.3 Å². The topological polar surface area (TPSA) is 60.1 Å². The Morgan fingerprint density at radius 2 is 1.76 bits per heavy atom. The molecular formula is C19H16N4OS. The van der Waals surface area contributed by atoms with E-state index in [2.05, 4.69) is 40.9 Å². The molecule has 0 unspecified atom stereocenters. The van der Waals surface area contributed by atoms with Crippen molar-refractivity contribution in [2.75, 3.05) is 0 Å². The van der Waals surface area contributed by atoms with Gasteiger partial charge in [0.1, 0.15) is 0 Å². The zero-order valence-electron chi connectivity index (χ0n) is 14.1. The first-order valence-electron chi connectivity index (χ1n) is 7.89. The molecule has 2 heterocycles. The van der Waals surface area contributed by atoms with Crippen LogP contribution in [-0.2, 0) is 7.05 Å². The fourth-order valence-corrected chi connectivity index (χ4v) is 3.83. The van der Waals surface area contributed by atoms with Gasteiger partial charge in [-0.05, 0) is 55.3 Å². The molecule has 124 valence electrons. The van der Waals surface area contributed by atoms with E-state index in [0.717, 1.165) is 15.7 Å². The monoisotopic (exact) mass is 348 g/mol. The minimum absolute atomic E-state index is 0.275. The van der Waals surface area contributed by atoms with Crippen LogP contribution in [0, 0.1) is 13.8 Å². The summed E-state index contributed by atoms with van der Waals surface area (Å²) in [5, 5.41) is 0. The molecule has 0 spiro atoms. The third-order valence-electron chi connectivity index (χ3n) is 4.34. The molecular weight excluding hydrogens is 332 g/mol. The molecule has 1 amide bonds. The van der Waals surface area contributed by atoms with Crippen LogP contribution in [0.15, 0.2) is 47.7 Å². The molecule has 0 aliphatic rings. The van der Waals surface area contributed by atoms with E-state index < -0.39 is 0 Å². The van der Waals surface area contributed by atoms with Crippen LogP contribution in [0.4, 0.5) is 0 Å². The Kier molecular flexibility index (Phi) is 3.69. The number of hydrogen-bond donors (Lipinski definition) is 0. The molecule has 2 aromatic heterocycles. The molecule has 0 N–H and O–H groups in total. The Hall–Kier alpha value is -2.86. The molecule has 5 nitrogen and oxygen atoms in total. The first-order chi connectivity index (χ1) is 12.0. The number of amides is 1. The zero-order valence-corrected chi connectivity index (χ0v) is 15.0. The van der Waals surface area contributed by atoms with Crippen molar-refractivity contribution < 1.29 is 4.79 Å². The summed E-state index contributed by atoms with van der Waals surface area (Å²) in [6, 6.07) is 9.55. The number of nitrogens with zero attached hydrogens (tertiary/aromatic N) is 4. The molecule has 0 radical (unpaired) electrons. The molecule has 2 aromatic carbocycles. The van der Waals surface area contributed by atoms with Gasteiger partial charge < -0.3 is 4.57 Å². The second kappa shape index (κ2) is 5.89. The second-order valence-corrected chi connectivity index (χ2v) is 7.03. The molecule has 0 saturated heterocycles. The van der Waals surface area contributed by atoms with Crippen molar-refractivity contribution in [3.05, 3.63) is 64.2 Å². The maximum atomic E-state index is 12.6. The third kappa shape index (κ3) is 2.74. The van der Waals surface area contributed by atoms with Crippen LogP contribution >= 0.6 is 11.3 Å². The van der Waals surface area contributed by atoms with Gasteiger partial charge >= 0.3 is 0 Å². The molecule has 6 heteroatoms. The number of hydrogen-bond acceptors (Lipinski definition) is 4. The van der Waals surface area contributed by atoms with Crippen molar-refractivity contribution in [3.8, 4) is 0 Å². The number of benzene rings is 2. The van der Waals surface area contributed by atoms with Gasteiger partial charge in [-0.25, -0.2) is 0 Å². The highest BCUT2D eigenvalue weighted by atomic mass is 32.1. The number of aryl methyl sites for hydroxylation is 3. The van der Waals surface area contributed by atoms with E-state index in [4.69, 9.17) is 0 Å². The van der Waals surface area contributed by atoms with Crippen LogP contribution in [-0.4, -0.2) is 20.4 Å². The maximum absolute atomic E-state index is 12.6. The molecule has 0 aliphatic carbocycles. The van der Waals surface area contributed by atoms with Crippen molar-refractivity contribution in [3.63, 3.8) is 0 Å². The number of carbonyl (C=O) groups is 1. The van der Waals surface area contributed by atoms with Gasteiger partial charge in [-0.3, -0.25) is 14.8 Å². The van der Waals surface area contributed by atoms with E-state index in [-0.39, 0.29) is 5.91 Å². The highest BCUT2D eigenvalue weighted by Gasteiger charge is 2.09. The summed E-state index contributed by atoms with van der Waals surface area (Å²) in [7, 11) is 1.94. The number of carbonyl (C=O) groups excluding carboxylic acids is 1. The van der Waals surface area contributed by atoms with Crippen LogP contribution in [0.25, 0.3) is 21.3 Å². The van der Waals surface area contributed by atoms with Gasteiger partial charge in [0, 0.05) is 25.0 Å². The number of fused-ring (bicyclic) bond motifs is 2. The average molecular weight is 348 g/mol. The highest BCUT2D eigenvalue weighted by Crippen LogP contribution is 2.21. The Morgan fingerprint density at radius 1 is 1.04 bits per heavy atom. The van der Waals surface area contributed by atoms with E-state index in [1.807, 2.05) is 11.6 Å². The summed E-state index contributed by atoms with van der Waals surface area (Å²) in [5.74, 6) is -0.275. The lowest BCUT2D eigenvalue weighted by Gasteiger charge is -2.01. The van der Waals surface area contributed by atoms with Crippen molar-refractivity contribution in [2.45, 2.75) is 13.8 Å². The third-order valence-corrected chi connectivity index (χ3v) is 5.43. The van der Waals surface area contributed by atoms with E-state index in [0.29, 0.717) is 15.9 Å². The van der Waals surface area contributed by atoms with Crippen LogP contribution in [0.5, 0.6) is 0 Å². The lowest BCUT2D eigenvalue weighted by molar-refractivity contribution is 0.0998. The second-order valence-electron chi connectivity index (χ2n) is 6.02. The van der Waals surface area contributed by atoms with Crippen LogP contribution in [0.1, 0.15) is 21.5 Å². The van der Waals surface area contributed by atoms with Crippen molar-refractivity contribution in [2.24, 2.45) is 12.0 Å². The molecule has 0 aliphatic heterocycles. The molecule has 4 rings (SSSR count). The van der Waals surface area contributed by atoms with E-state index >= 15 is 0 Å². The Bertz CT molecular complexity index is 1200. The van der Waals surface area contributed by atoms with Crippen LogP contribution in [0.3, 0.4) is 0 Å². The van der Waals surface area contributed by atoms with Gasteiger partial charge in [0.05, 0.1) is 21.3 Å². The first kappa shape index (κ1) is 15.7. The highest BCUT2D eigenvalue weighted by molar-refractivity contribution is 7.16. The van der Waals surface area contributed by atoms with Gasteiger partial charge in [-0.2, -0.15) is 4.99 Å². The van der Waals surface area contributed by atoms with E-state index in [1.165, 1.54) is 22.5 Å². The van der Waals surface area contributed by atoms with E-state index in [1.54, 1.807) is 30.6 Å². The van der Waals surface area contributed by atoms with E-state index in [9.17, 15) is 4.79 Å². The minimum Gasteiger partial charge on any atom is -0.319 e. The maximum Gasteiger partial charge on any atom is 0.279 e. The van der Waals surface area contributed by atoms with Crippen LogP contribution in [0.2, 0.25) is 0 Å². The van der Waals surface area contributed by atoms with Gasteiger partial charge in [0.15, 0.2) is 4.80 Å². The predicted molar refractivity (Wildman–Crippen MR) is 99.7 cm³/mol. The largest absolute Gasteiger partial charge is 0.319 e. The van der Waals surface area contributed by atoms with Gasteiger partial charge in [-0.15, -0.1) is 0 Å². The standard InChI is InChI=1S/C19H16N4OS/c1-11-8-16-17(9-12(11)2)25-19(23(16)3)22-18(24)13-4-5-14-15(10-13)21-7-6-20-14/h4-10H,1-3H3. The number of rotatable bonds is 1.